The lowest BCUT2D eigenvalue weighted by Gasteiger charge is -2.51. The number of allylic oxidation sites excluding steroid dienone is 2. The molecule has 6 heterocycles. The van der Waals surface area contributed by atoms with E-state index in [1.54, 1.807) is 71.6 Å². The Morgan fingerprint density at radius 2 is 1.62 bits per heavy atom. The van der Waals surface area contributed by atoms with Crippen LogP contribution >= 0.6 is 0 Å². The largest absolute Gasteiger partial charge is 0.497 e. The predicted octanol–water partition coefficient (Wildman–Crippen LogP) is 7.87. The van der Waals surface area contributed by atoms with Crippen molar-refractivity contribution >= 4 is 17.7 Å². The summed E-state index contributed by atoms with van der Waals surface area (Å²) in [5, 5.41) is 26.5. The highest BCUT2D eigenvalue weighted by Gasteiger charge is 2.61. The van der Waals surface area contributed by atoms with Gasteiger partial charge in [0.15, 0.2) is 24.5 Å². The van der Waals surface area contributed by atoms with Crippen LogP contribution in [0.1, 0.15) is 107 Å². The third-order valence-corrected chi connectivity index (χ3v) is 16.5. The molecule has 5 saturated heterocycles. The smallest absolute Gasteiger partial charge is 0.412 e. The highest BCUT2D eigenvalue weighted by molar-refractivity contribution is 5.85. The minimum atomic E-state index is -1.95. The molecule has 0 saturated carbocycles. The third-order valence-electron chi connectivity index (χ3n) is 16.5. The molecule has 7 aliphatic rings. The number of nitrogens with one attached hydrogen (secondary N) is 1. The predicted molar refractivity (Wildman–Crippen MR) is 268 cm³/mol. The number of aliphatic hydroxyl groups is 2. The van der Waals surface area contributed by atoms with Crippen molar-refractivity contribution in [2.45, 2.75) is 204 Å². The summed E-state index contributed by atoms with van der Waals surface area (Å²) in [4.78, 5) is 28.3. The van der Waals surface area contributed by atoms with Crippen LogP contribution in [0.2, 0.25) is 0 Å². The van der Waals surface area contributed by atoms with Crippen LogP contribution in [0.4, 0.5) is 10.5 Å². The lowest BCUT2D eigenvalue weighted by atomic mass is 9.70. The molecule has 17 heteroatoms. The molecule has 1 amide bonds. The van der Waals surface area contributed by atoms with E-state index in [0.29, 0.717) is 67.0 Å². The fourth-order valence-corrected chi connectivity index (χ4v) is 12.0. The zero-order valence-electron chi connectivity index (χ0n) is 44.6. The molecule has 20 atom stereocenters. The monoisotopic (exact) mass is 1020 g/mol. The van der Waals surface area contributed by atoms with E-state index in [9.17, 15) is 19.8 Å². The molecule has 8 rings (SSSR count). The number of benzene rings is 1. The summed E-state index contributed by atoms with van der Waals surface area (Å²) in [6.45, 7) is 16.2. The molecule has 0 unspecified atom stereocenters. The number of ether oxygens (including phenoxy) is 12. The molecule has 17 nitrogen and oxygen atoms in total. The number of rotatable bonds is 11. The Morgan fingerprint density at radius 3 is 2.33 bits per heavy atom. The molecule has 1 spiro atoms. The number of esters is 1. The van der Waals surface area contributed by atoms with Gasteiger partial charge in [0.1, 0.15) is 41.7 Å². The average Bonchev–Trinajstić information content (AvgIpc) is 3.71. The van der Waals surface area contributed by atoms with Gasteiger partial charge in [0.05, 0.1) is 56.4 Å². The molecule has 1 aromatic rings. The SMILES string of the molecule is CC[C@H](C)[C@H]1O[C@]2(CC[C@@H]1C)C[C@@H]1C[C@@H](C/C=C(\C)[C@@H](O[C@H]3C[C@H](OC)[C@@H](O[C@H]4C[C@H](OC)[C@@H](O)[C@H](C)O4)[C@H](C)O3)[C@@H](C)/C=C/C=C3\CO[C@@H]4[C@H](OC(=O)Nc5ccc(OC)cc5)C(C)=C[C@@H](C(=O)O1)[C@]34O)O2. The van der Waals surface area contributed by atoms with E-state index in [1.165, 1.54) is 0 Å². The van der Waals surface area contributed by atoms with Gasteiger partial charge >= 0.3 is 12.1 Å². The maximum absolute atomic E-state index is 14.8. The fourth-order valence-electron chi connectivity index (χ4n) is 12.0. The van der Waals surface area contributed by atoms with Crippen LogP contribution in [0.25, 0.3) is 0 Å². The quantitative estimate of drug-likeness (QED) is 0.143. The van der Waals surface area contributed by atoms with Gasteiger partial charge in [-0.05, 0) is 93.4 Å². The van der Waals surface area contributed by atoms with E-state index in [-0.39, 0.29) is 30.7 Å². The number of anilines is 1. The molecule has 6 aliphatic heterocycles. The fraction of sp³-hybridized carbons (Fsp3) is 0.714. The van der Waals surface area contributed by atoms with Crippen molar-refractivity contribution in [1.82, 2.24) is 0 Å². The van der Waals surface area contributed by atoms with Crippen LogP contribution in [-0.2, 0) is 56.9 Å². The van der Waals surface area contributed by atoms with E-state index < -0.39 is 103 Å². The van der Waals surface area contributed by atoms with Crippen LogP contribution < -0.4 is 10.1 Å². The summed E-state index contributed by atoms with van der Waals surface area (Å²) >= 11 is 0. The standard InChI is InChI=1S/C56H81NO16/c1-12-30(2)49-33(5)22-23-55(73-49)28-41-25-40(72-55)19-16-32(4)48(69-46-27-44(64-11)51(36(8)67-46)70-45-26-43(63-10)47(58)35(7)66-45)31(3)14-13-15-37-29-65-52-50(34(6)24-42(53(59)68-41)56(37,52)61)71-54(60)57-38-17-20-39(62-9)21-18-38/h13-18,20-21,24,30-31,33,35-36,40-52,58,61H,12,19,22-23,25-29H2,1-11H3,(H,57,60)/b14-13+,32-16+,37-15+/t30-,31-,33-,35-,36-,40+,41-,42-,43-,44-,45-,46-,47-,48-,49+,50+,51-,52+,55+,56+/m0/s1. The first kappa shape index (κ1) is 55.5. The Kier molecular flexibility index (Phi) is 18.0. The molecule has 0 radical (unpaired) electrons. The molecule has 5 fully saturated rings. The number of methoxy groups -OCH3 is 3. The molecular weight excluding hydrogens is 943 g/mol. The van der Waals surface area contributed by atoms with Gasteiger partial charge in [-0.1, -0.05) is 64.5 Å². The minimum Gasteiger partial charge on any atom is -0.497 e. The summed E-state index contributed by atoms with van der Waals surface area (Å²) in [5.41, 5.74) is 0.440. The number of hydrogen-bond acceptors (Lipinski definition) is 16. The van der Waals surface area contributed by atoms with Gasteiger partial charge in [0.25, 0.3) is 0 Å². The zero-order chi connectivity index (χ0) is 52.4. The summed E-state index contributed by atoms with van der Waals surface area (Å²) in [6.07, 6.45) is 4.99. The van der Waals surface area contributed by atoms with Gasteiger partial charge in [0.2, 0.25) is 0 Å². The highest BCUT2D eigenvalue weighted by atomic mass is 16.7. The van der Waals surface area contributed by atoms with Gasteiger partial charge in [-0.3, -0.25) is 10.1 Å². The van der Waals surface area contributed by atoms with Crippen LogP contribution in [0.3, 0.4) is 0 Å². The first-order valence-electron chi connectivity index (χ1n) is 26.5. The lowest BCUT2D eigenvalue weighted by molar-refractivity contribution is -0.340. The van der Waals surface area contributed by atoms with E-state index >= 15 is 0 Å². The van der Waals surface area contributed by atoms with E-state index in [4.69, 9.17) is 56.8 Å². The van der Waals surface area contributed by atoms with Crippen molar-refractivity contribution in [1.29, 1.82) is 0 Å². The number of fused-ring (bicyclic) bond motifs is 2. The Hall–Kier alpha value is -3.72. The Balaban J connectivity index is 1.09. The summed E-state index contributed by atoms with van der Waals surface area (Å²) in [5.74, 6) is -1.81. The Bertz CT molecular complexity index is 2180. The van der Waals surface area contributed by atoms with Crippen LogP contribution in [0.15, 0.2) is 71.4 Å². The van der Waals surface area contributed by atoms with Crippen molar-refractivity contribution in [3.63, 3.8) is 0 Å². The molecule has 73 heavy (non-hydrogen) atoms. The minimum absolute atomic E-state index is 0.0396. The van der Waals surface area contributed by atoms with E-state index in [2.05, 4.69) is 39.1 Å². The van der Waals surface area contributed by atoms with Crippen LogP contribution in [-0.4, -0.2) is 147 Å². The van der Waals surface area contributed by atoms with Crippen molar-refractivity contribution in [2.75, 3.05) is 33.3 Å². The first-order valence-corrected chi connectivity index (χ1v) is 26.5. The zero-order valence-corrected chi connectivity index (χ0v) is 44.6. The second-order valence-electron chi connectivity index (χ2n) is 21.6. The lowest BCUT2D eigenvalue weighted by Crippen LogP contribution is -2.59. The van der Waals surface area contributed by atoms with Crippen molar-refractivity contribution in [3.05, 3.63) is 71.4 Å². The number of amides is 1. The van der Waals surface area contributed by atoms with Crippen molar-refractivity contribution < 1.29 is 76.6 Å². The van der Waals surface area contributed by atoms with Gasteiger partial charge in [-0.2, -0.15) is 0 Å². The molecular formula is C56H81NO16. The van der Waals surface area contributed by atoms with Gasteiger partial charge < -0.3 is 67.1 Å². The highest BCUT2D eigenvalue weighted by Crippen LogP contribution is 2.49. The Morgan fingerprint density at radius 1 is 0.904 bits per heavy atom. The molecule has 3 N–H and O–H groups in total. The number of aliphatic hydroxyl groups excluding tert-OH is 1. The number of hydrogen-bond donors (Lipinski definition) is 3. The molecule has 0 aromatic heterocycles. The molecule has 2 bridgehead atoms. The third kappa shape index (κ3) is 12.1. The van der Waals surface area contributed by atoms with Gasteiger partial charge in [-0.15, -0.1) is 0 Å². The van der Waals surface area contributed by atoms with Crippen molar-refractivity contribution in [2.24, 2.45) is 23.7 Å². The topological polar surface area (TPSA) is 197 Å². The average molecular weight is 1020 g/mol. The maximum Gasteiger partial charge on any atom is 0.412 e. The molecule has 1 aliphatic carbocycles. The first-order chi connectivity index (χ1) is 34.9. The molecule has 1 aromatic carbocycles. The summed E-state index contributed by atoms with van der Waals surface area (Å²) in [6, 6.07) is 6.82. The van der Waals surface area contributed by atoms with Gasteiger partial charge in [-0.25, -0.2) is 4.79 Å². The normalized spacial score (nSPS) is 43.5. The van der Waals surface area contributed by atoms with Crippen LogP contribution in [0.5, 0.6) is 5.75 Å². The summed E-state index contributed by atoms with van der Waals surface area (Å²) < 4.78 is 76.0. The van der Waals surface area contributed by atoms with Crippen molar-refractivity contribution in [3.8, 4) is 5.75 Å². The van der Waals surface area contributed by atoms with E-state index in [0.717, 1.165) is 18.4 Å². The van der Waals surface area contributed by atoms with Gasteiger partial charge in [0, 0.05) is 57.9 Å². The van der Waals surface area contributed by atoms with E-state index in [1.807, 2.05) is 26.0 Å². The second-order valence-corrected chi connectivity index (χ2v) is 21.6. The molecule has 406 valence electrons. The summed E-state index contributed by atoms with van der Waals surface area (Å²) in [7, 11) is 4.77. The number of carbonyl (C=O) groups is 2. The maximum atomic E-state index is 14.8. The second kappa shape index (κ2) is 23.7. The van der Waals surface area contributed by atoms with Crippen LogP contribution in [0, 0.1) is 23.7 Å². The Labute approximate surface area is 431 Å². The number of carbonyl (C=O) groups excluding carboxylic acids is 2.